The molecule has 19 heavy (non-hydrogen) atoms. The van der Waals surface area contributed by atoms with E-state index in [1.54, 1.807) is 0 Å². The second kappa shape index (κ2) is 9.39. The van der Waals surface area contributed by atoms with E-state index < -0.39 is 0 Å². The highest BCUT2D eigenvalue weighted by Crippen LogP contribution is 2.11. The Balaban J connectivity index is 2.05. The Morgan fingerprint density at radius 3 is 2.63 bits per heavy atom. The summed E-state index contributed by atoms with van der Waals surface area (Å²) in [6.07, 6.45) is 1.22. The van der Waals surface area contributed by atoms with Crippen molar-refractivity contribution in [1.82, 2.24) is 5.32 Å². The topological polar surface area (TPSA) is 47.6 Å². The van der Waals surface area contributed by atoms with Gasteiger partial charge in [-0.15, -0.1) is 0 Å². The van der Waals surface area contributed by atoms with E-state index in [-0.39, 0.29) is 5.91 Å². The molecule has 0 heterocycles. The highest BCUT2D eigenvalue weighted by atomic mass is 16.5. The van der Waals surface area contributed by atoms with Gasteiger partial charge in [0.2, 0.25) is 5.91 Å². The fraction of sp³-hybridized carbons (Fsp3) is 0.533. The second-order valence-corrected chi connectivity index (χ2v) is 4.31. The minimum atomic E-state index is 0.0172. The Morgan fingerprint density at radius 1 is 1.21 bits per heavy atom. The van der Waals surface area contributed by atoms with E-state index in [2.05, 4.69) is 5.32 Å². The van der Waals surface area contributed by atoms with E-state index in [1.807, 2.05) is 38.1 Å². The summed E-state index contributed by atoms with van der Waals surface area (Å²) in [7, 11) is 0. The number of benzene rings is 1. The molecular formula is C15H23NO3. The molecule has 0 aliphatic heterocycles. The van der Waals surface area contributed by atoms with Crippen LogP contribution in [0, 0.1) is 6.92 Å². The molecule has 0 unspecified atom stereocenters. The maximum Gasteiger partial charge on any atom is 0.223 e. The SMILES string of the molecule is CCOCCCNC(=O)CCOc1ccc(C)cc1. The van der Waals surface area contributed by atoms with Gasteiger partial charge < -0.3 is 14.8 Å². The van der Waals surface area contributed by atoms with Gasteiger partial charge in [0.25, 0.3) is 0 Å². The van der Waals surface area contributed by atoms with E-state index in [0.29, 0.717) is 26.2 Å². The molecule has 106 valence electrons. The van der Waals surface area contributed by atoms with Crippen molar-refractivity contribution in [2.45, 2.75) is 26.7 Å². The van der Waals surface area contributed by atoms with Gasteiger partial charge in [-0.3, -0.25) is 4.79 Å². The van der Waals surface area contributed by atoms with Crippen molar-refractivity contribution in [1.29, 1.82) is 0 Å². The third kappa shape index (κ3) is 7.47. The maximum atomic E-state index is 11.5. The predicted octanol–water partition coefficient (Wildman–Crippen LogP) is 2.31. The lowest BCUT2D eigenvalue weighted by molar-refractivity contribution is -0.121. The van der Waals surface area contributed by atoms with Crippen LogP contribution in [0.3, 0.4) is 0 Å². The van der Waals surface area contributed by atoms with Crippen molar-refractivity contribution < 1.29 is 14.3 Å². The molecule has 0 fully saturated rings. The van der Waals surface area contributed by atoms with Crippen LogP contribution >= 0.6 is 0 Å². The number of hydrogen-bond donors (Lipinski definition) is 1. The standard InChI is InChI=1S/C15H23NO3/c1-3-18-11-4-10-16-15(17)9-12-19-14-7-5-13(2)6-8-14/h5-8H,3-4,9-12H2,1-2H3,(H,16,17). The van der Waals surface area contributed by atoms with Gasteiger partial charge in [0.1, 0.15) is 5.75 Å². The average Bonchev–Trinajstić information content (AvgIpc) is 2.41. The van der Waals surface area contributed by atoms with Crippen molar-refractivity contribution in [3.8, 4) is 5.75 Å². The molecule has 0 saturated heterocycles. The summed E-state index contributed by atoms with van der Waals surface area (Å²) in [4.78, 5) is 11.5. The Morgan fingerprint density at radius 2 is 1.95 bits per heavy atom. The number of ether oxygens (including phenoxy) is 2. The average molecular weight is 265 g/mol. The van der Waals surface area contributed by atoms with Crippen LogP contribution in [0.4, 0.5) is 0 Å². The van der Waals surface area contributed by atoms with E-state index in [9.17, 15) is 4.79 Å². The lowest BCUT2D eigenvalue weighted by atomic mass is 10.2. The normalized spacial score (nSPS) is 10.2. The largest absolute Gasteiger partial charge is 0.493 e. The summed E-state index contributed by atoms with van der Waals surface area (Å²) in [5.41, 5.74) is 1.19. The molecule has 0 spiro atoms. The summed E-state index contributed by atoms with van der Waals surface area (Å²) < 4.78 is 10.7. The number of hydrogen-bond acceptors (Lipinski definition) is 3. The monoisotopic (exact) mass is 265 g/mol. The van der Waals surface area contributed by atoms with Crippen molar-refractivity contribution in [2.24, 2.45) is 0 Å². The molecule has 0 radical (unpaired) electrons. The fourth-order valence-electron chi connectivity index (χ4n) is 1.53. The zero-order valence-corrected chi connectivity index (χ0v) is 11.8. The van der Waals surface area contributed by atoms with Crippen molar-refractivity contribution >= 4 is 5.91 Å². The van der Waals surface area contributed by atoms with Crippen molar-refractivity contribution in [3.05, 3.63) is 29.8 Å². The highest BCUT2D eigenvalue weighted by Gasteiger charge is 2.01. The predicted molar refractivity (Wildman–Crippen MR) is 75.4 cm³/mol. The van der Waals surface area contributed by atoms with Crippen LogP contribution < -0.4 is 10.1 Å². The number of carbonyl (C=O) groups is 1. The molecule has 1 aromatic carbocycles. The molecule has 1 aromatic rings. The minimum Gasteiger partial charge on any atom is -0.493 e. The van der Waals surface area contributed by atoms with Crippen molar-refractivity contribution in [3.63, 3.8) is 0 Å². The van der Waals surface area contributed by atoms with Gasteiger partial charge in [0.15, 0.2) is 0 Å². The van der Waals surface area contributed by atoms with Gasteiger partial charge in [-0.05, 0) is 32.4 Å². The van der Waals surface area contributed by atoms with Crippen LogP contribution in [0.5, 0.6) is 5.75 Å². The Labute approximate surface area is 115 Å². The molecule has 4 nitrogen and oxygen atoms in total. The third-order valence-corrected chi connectivity index (χ3v) is 2.61. The van der Waals surface area contributed by atoms with Gasteiger partial charge in [0.05, 0.1) is 13.0 Å². The number of carbonyl (C=O) groups excluding carboxylic acids is 1. The first-order chi connectivity index (χ1) is 9.22. The Kier molecular flexibility index (Phi) is 7.66. The molecule has 0 aromatic heterocycles. The van der Waals surface area contributed by atoms with Crippen LogP contribution in [0.2, 0.25) is 0 Å². The lowest BCUT2D eigenvalue weighted by Crippen LogP contribution is -2.26. The summed E-state index contributed by atoms with van der Waals surface area (Å²) >= 11 is 0. The van der Waals surface area contributed by atoms with Gasteiger partial charge in [-0.1, -0.05) is 17.7 Å². The van der Waals surface area contributed by atoms with Crippen LogP contribution in [0.25, 0.3) is 0 Å². The smallest absolute Gasteiger partial charge is 0.223 e. The van der Waals surface area contributed by atoms with Gasteiger partial charge >= 0.3 is 0 Å². The summed E-state index contributed by atoms with van der Waals surface area (Å²) in [6, 6.07) is 7.80. The molecule has 4 heteroatoms. The Hall–Kier alpha value is -1.55. The van der Waals surface area contributed by atoms with E-state index >= 15 is 0 Å². The number of nitrogens with one attached hydrogen (secondary N) is 1. The molecule has 0 bridgehead atoms. The summed E-state index contributed by atoms with van der Waals surface area (Å²) in [6.45, 7) is 6.46. The molecule has 1 rings (SSSR count). The lowest BCUT2D eigenvalue weighted by Gasteiger charge is -2.07. The first-order valence-corrected chi connectivity index (χ1v) is 6.76. The quantitative estimate of drug-likeness (QED) is 0.697. The van der Waals surface area contributed by atoms with Gasteiger partial charge in [0, 0.05) is 19.8 Å². The van der Waals surface area contributed by atoms with Crippen LogP contribution in [0.15, 0.2) is 24.3 Å². The molecule has 0 aliphatic rings. The molecule has 0 atom stereocenters. The molecule has 0 saturated carbocycles. The number of aryl methyl sites for hydroxylation is 1. The minimum absolute atomic E-state index is 0.0172. The first-order valence-electron chi connectivity index (χ1n) is 6.76. The zero-order chi connectivity index (χ0) is 13.9. The second-order valence-electron chi connectivity index (χ2n) is 4.31. The number of amides is 1. The highest BCUT2D eigenvalue weighted by molar-refractivity contribution is 5.75. The van der Waals surface area contributed by atoms with Gasteiger partial charge in [-0.2, -0.15) is 0 Å². The molecule has 1 amide bonds. The zero-order valence-electron chi connectivity index (χ0n) is 11.8. The molecule has 0 aliphatic carbocycles. The van der Waals surface area contributed by atoms with E-state index in [1.165, 1.54) is 5.56 Å². The van der Waals surface area contributed by atoms with Crippen LogP contribution in [0.1, 0.15) is 25.3 Å². The maximum absolute atomic E-state index is 11.5. The van der Waals surface area contributed by atoms with Crippen molar-refractivity contribution in [2.75, 3.05) is 26.4 Å². The number of rotatable bonds is 9. The van der Waals surface area contributed by atoms with E-state index in [0.717, 1.165) is 18.8 Å². The molecule has 1 N–H and O–H groups in total. The van der Waals surface area contributed by atoms with Gasteiger partial charge in [-0.25, -0.2) is 0 Å². The summed E-state index contributed by atoms with van der Waals surface area (Å²) in [5.74, 6) is 0.818. The third-order valence-electron chi connectivity index (χ3n) is 2.61. The Bertz CT molecular complexity index is 362. The molecular weight excluding hydrogens is 242 g/mol. The van der Waals surface area contributed by atoms with E-state index in [4.69, 9.17) is 9.47 Å². The first kappa shape index (κ1) is 15.5. The summed E-state index contributed by atoms with van der Waals surface area (Å²) in [5, 5.41) is 2.84. The van der Waals surface area contributed by atoms with Crippen LogP contribution in [-0.4, -0.2) is 32.3 Å². The fourth-order valence-corrected chi connectivity index (χ4v) is 1.53. The van der Waals surface area contributed by atoms with Crippen LogP contribution in [-0.2, 0) is 9.53 Å².